The average molecular weight is 472 g/mol. The summed E-state index contributed by atoms with van der Waals surface area (Å²) in [5.74, 6) is 2.27. The summed E-state index contributed by atoms with van der Waals surface area (Å²) in [4.78, 5) is 27.7. The minimum atomic E-state index is -0.890. The monoisotopic (exact) mass is 471 g/mol. The third-order valence-electron chi connectivity index (χ3n) is 5.55. The van der Waals surface area contributed by atoms with Crippen molar-refractivity contribution in [3.63, 3.8) is 0 Å². The van der Waals surface area contributed by atoms with Crippen molar-refractivity contribution < 1.29 is 14.6 Å². The van der Waals surface area contributed by atoms with E-state index in [2.05, 4.69) is 25.2 Å². The van der Waals surface area contributed by atoms with E-state index in [1.54, 1.807) is 24.5 Å². The van der Waals surface area contributed by atoms with Crippen molar-refractivity contribution in [2.75, 3.05) is 36.4 Å². The van der Waals surface area contributed by atoms with E-state index in [1.165, 1.54) is 11.0 Å². The maximum atomic E-state index is 11.1. The number of anilines is 3. The zero-order chi connectivity index (χ0) is 24.8. The van der Waals surface area contributed by atoms with Crippen LogP contribution in [0.1, 0.15) is 16.7 Å². The van der Waals surface area contributed by atoms with E-state index >= 15 is 0 Å². The van der Waals surface area contributed by atoms with Gasteiger partial charge in [-0.1, -0.05) is 0 Å². The Morgan fingerprint density at radius 1 is 1.14 bits per heavy atom. The van der Waals surface area contributed by atoms with Crippen LogP contribution in [0.5, 0.6) is 11.6 Å². The van der Waals surface area contributed by atoms with Crippen molar-refractivity contribution in [2.45, 2.75) is 13.8 Å². The highest BCUT2D eigenvalue weighted by Gasteiger charge is 2.21. The molecule has 0 aliphatic carbocycles. The molecule has 4 rings (SSSR count). The maximum absolute atomic E-state index is 11.1. The van der Waals surface area contributed by atoms with Crippen molar-refractivity contribution in [3.05, 3.63) is 65.5 Å². The van der Waals surface area contributed by atoms with Gasteiger partial charge in [-0.3, -0.25) is 0 Å². The number of aryl methyl sites for hydroxylation is 2. The SMILES string of the molecule is Cc1cc(C=CC#N)cc(C)c1Oc1ccnc(Nc2ccc(N3CCN(C(=O)O)CC3)nc2)n1. The highest BCUT2D eigenvalue weighted by Crippen LogP contribution is 2.30. The number of amides is 1. The van der Waals surface area contributed by atoms with E-state index in [-0.39, 0.29) is 0 Å². The molecule has 0 bridgehead atoms. The van der Waals surface area contributed by atoms with Gasteiger partial charge in [-0.2, -0.15) is 10.2 Å². The summed E-state index contributed by atoms with van der Waals surface area (Å²) in [6.45, 7) is 6.00. The molecule has 3 aromatic rings. The van der Waals surface area contributed by atoms with Crippen LogP contribution < -0.4 is 15.0 Å². The van der Waals surface area contributed by atoms with Gasteiger partial charge in [0.2, 0.25) is 11.8 Å². The number of nitriles is 1. The van der Waals surface area contributed by atoms with Crippen LogP contribution in [0, 0.1) is 25.2 Å². The topological polar surface area (TPSA) is 128 Å². The Labute approximate surface area is 203 Å². The zero-order valence-electron chi connectivity index (χ0n) is 19.5. The summed E-state index contributed by atoms with van der Waals surface area (Å²) in [6.07, 6.45) is 5.61. The molecule has 0 spiro atoms. The fourth-order valence-electron chi connectivity index (χ4n) is 3.84. The van der Waals surface area contributed by atoms with Gasteiger partial charge in [-0.15, -0.1) is 0 Å². The Hall–Kier alpha value is -4.65. The smallest absolute Gasteiger partial charge is 0.407 e. The molecular formula is C25H25N7O3. The molecule has 1 aromatic carbocycles. The number of ether oxygens (including phenoxy) is 1. The molecule has 178 valence electrons. The van der Waals surface area contributed by atoms with Gasteiger partial charge in [0.15, 0.2) is 0 Å². The Bertz CT molecular complexity index is 1250. The fraction of sp³-hybridized carbons (Fsp3) is 0.240. The molecule has 1 aliphatic heterocycles. The van der Waals surface area contributed by atoms with Gasteiger partial charge in [-0.25, -0.2) is 14.8 Å². The molecule has 0 unspecified atom stereocenters. The van der Waals surface area contributed by atoms with E-state index in [0.29, 0.717) is 43.8 Å². The number of nitrogens with zero attached hydrogens (tertiary/aromatic N) is 6. The average Bonchev–Trinajstić information content (AvgIpc) is 2.86. The molecule has 1 fully saturated rings. The first-order valence-corrected chi connectivity index (χ1v) is 11.1. The molecule has 10 heteroatoms. The largest absolute Gasteiger partial charge is 0.465 e. The maximum Gasteiger partial charge on any atom is 0.407 e. The number of benzene rings is 1. The van der Waals surface area contributed by atoms with E-state index in [4.69, 9.17) is 15.1 Å². The zero-order valence-corrected chi connectivity index (χ0v) is 19.5. The normalized spacial score (nSPS) is 13.5. The number of allylic oxidation sites excluding steroid dienone is 1. The van der Waals surface area contributed by atoms with Crippen molar-refractivity contribution in [2.24, 2.45) is 0 Å². The number of pyridine rings is 1. The van der Waals surface area contributed by atoms with Crippen molar-refractivity contribution in [1.82, 2.24) is 19.9 Å². The summed E-state index contributed by atoms with van der Waals surface area (Å²) < 4.78 is 6.05. The number of aromatic nitrogens is 3. The third kappa shape index (κ3) is 5.83. The second kappa shape index (κ2) is 10.5. The van der Waals surface area contributed by atoms with Gasteiger partial charge >= 0.3 is 6.09 Å². The van der Waals surface area contributed by atoms with E-state index in [1.807, 2.05) is 44.2 Å². The van der Waals surface area contributed by atoms with Gasteiger partial charge in [0.25, 0.3) is 0 Å². The fourth-order valence-corrected chi connectivity index (χ4v) is 3.84. The standard InChI is InChI=1S/C25H25N7O3/c1-17-14-19(4-3-8-26)15-18(2)23(17)35-22-7-9-27-24(30-22)29-20-5-6-21(28-16-20)31-10-12-32(13-11-31)25(33)34/h3-7,9,14-16H,10-13H2,1-2H3,(H,33,34)(H,27,29,30). The Morgan fingerprint density at radius 2 is 1.89 bits per heavy atom. The first-order chi connectivity index (χ1) is 16.9. The van der Waals surface area contributed by atoms with Gasteiger partial charge < -0.3 is 25.0 Å². The molecular weight excluding hydrogens is 446 g/mol. The van der Waals surface area contributed by atoms with Crippen LogP contribution in [-0.2, 0) is 0 Å². The summed E-state index contributed by atoms with van der Waals surface area (Å²) in [6, 6.07) is 11.3. The lowest BCUT2D eigenvalue weighted by Gasteiger charge is -2.33. The van der Waals surface area contributed by atoms with Crippen molar-refractivity contribution in [3.8, 4) is 17.7 Å². The van der Waals surface area contributed by atoms with Gasteiger partial charge in [0.05, 0.1) is 18.0 Å². The summed E-state index contributed by atoms with van der Waals surface area (Å²) in [5, 5.41) is 21.0. The molecule has 0 atom stereocenters. The number of hydrogen-bond donors (Lipinski definition) is 2. The second-order valence-corrected chi connectivity index (χ2v) is 8.05. The van der Waals surface area contributed by atoms with Crippen LogP contribution in [0.15, 0.2) is 48.8 Å². The highest BCUT2D eigenvalue weighted by molar-refractivity contribution is 5.65. The number of hydrogen-bond acceptors (Lipinski definition) is 8. The molecule has 2 aromatic heterocycles. The molecule has 1 saturated heterocycles. The number of carboxylic acid groups (broad SMARTS) is 1. The number of piperazine rings is 1. The van der Waals surface area contributed by atoms with Crippen LogP contribution in [0.2, 0.25) is 0 Å². The quantitative estimate of drug-likeness (QED) is 0.504. The second-order valence-electron chi connectivity index (χ2n) is 8.05. The van der Waals surface area contributed by atoms with Crippen molar-refractivity contribution >= 4 is 29.6 Å². The van der Waals surface area contributed by atoms with Gasteiger partial charge in [0.1, 0.15) is 11.6 Å². The van der Waals surface area contributed by atoms with E-state index in [9.17, 15) is 4.79 Å². The van der Waals surface area contributed by atoms with Crippen LogP contribution in [0.4, 0.5) is 22.2 Å². The summed E-state index contributed by atoms with van der Waals surface area (Å²) in [7, 11) is 0. The molecule has 3 heterocycles. The molecule has 35 heavy (non-hydrogen) atoms. The first-order valence-electron chi connectivity index (χ1n) is 11.1. The molecule has 0 saturated carbocycles. The van der Waals surface area contributed by atoms with Crippen LogP contribution in [0.25, 0.3) is 6.08 Å². The predicted molar refractivity (Wildman–Crippen MR) is 132 cm³/mol. The van der Waals surface area contributed by atoms with E-state index < -0.39 is 6.09 Å². The summed E-state index contributed by atoms with van der Waals surface area (Å²) in [5.41, 5.74) is 3.51. The lowest BCUT2D eigenvalue weighted by molar-refractivity contribution is 0.142. The Kier molecular flexibility index (Phi) is 7.07. The minimum absolute atomic E-state index is 0.371. The Morgan fingerprint density at radius 3 is 2.51 bits per heavy atom. The molecule has 0 radical (unpaired) electrons. The van der Waals surface area contributed by atoms with Gasteiger partial charge in [-0.05, 0) is 60.9 Å². The lowest BCUT2D eigenvalue weighted by atomic mass is 10.1. The third-order valence-corrected chi connectivity index (χ3v) is 5.55. The predicted octanol–water partition coefficient (Wildman–Crippen LogP) is 4.36. The molecule has 1 amide bonds. The van der Waals surface area contributed by atoms with Crippen LogP contribution >= 0.6 is 0 Å². The molecule has 2 N–H and O–H groups in total. The Balaban J connectivity index is 1.42. The van der Waals surface area contributed by atoms with E-state index in [0.717, 1.165) is 28.2 Å². The highest BCUT2D eigenvalue weighted by atomic mass is 16.5. The first kappa shape index (κ1) is 23.5. The number of rotatable bonds is 6. The lowest BCUT2D eigenvalue weighted by Crippen LogP contribution is -2.48. The van der Waals surface area contributed by atoms with Crippen molar-refractivity contribution in [1.29, 1.82) is 5.26 Å². The van der Waals surface area contributed by atoms with Crippen LogP contribution in [0.3, 0.4) is 0 Å². The van der Waals surface area contributed by atoms with Gasteiger partial charge in [0, 0.05) is 44.5 Å². The molecule has 1 aliphatic rings. The number of carbonyl (C=O) groups is 1. The number of nitrogens with one attached hydrogen (secondary N) is 1. The summed E-state index contributed by atoms with van der Waals surface area (Å²) >= 11 is 0. The molecule has 10 nitrogen and oxygen atoms in total. The minimum Gasteiger partial charge on any atom is -0.465 e. The van der Waals surface area contributed by atoms with Crippen LogP contribution in [-0.4, -0.2) is 57.2 Å².